The minimum absolute atomic E-state index is 0.0467. The van der Waals surface area contributed by atoms with Gasteiger partial charge in [-0.25, -0.2) is 9.59 Å². The van der Waals surface area contributed by atoms with Crippen LogP contribution in [0.1, 0.15) is 74.1 Å². The fourth-order valence-corrected chi connectivity index (χ4v) is 5.66. The quantitative estimate of drug-likeness (QED) is 0.421. The molecule has 1 aliphatic carbocycles. The number of amides is 3. The highest BCUT2D eigenvalue weighted by Gasteiger charge is 2.69. The van der Waals surface area contributed by atoms with Gasteiger partial charge in [0.1, 0.15) is 23.7 Å². The summed E-state index contributed by atoms with van der Waals surface area (Å²) in [5.74, 6) is -1.14. The van der Waals surface area contributed by atoms with Gasteiger partial charge in [0.15, 0.2) is 0 Å². The number of carbonyl (C=O) groups is 4. The van der Waals surface area contributed by atoms with Crippen LogP contribution in [-0.2, 0) is 28.6 Å². The summed E-state index contributed by atoms with van der Waals surface area (Å²) in [4.78, 5) is 54.6. The molecule has 0 unspecified atom stereocenters. The van der Waals surface area contributed by atoms with Crippen LogP contribution in [0.5, 0.6) is 0 Å². The molecule has 10 nitrogen and oxygen atoms in total. The van der Waals surface area contributed by atoms with Gasteiger partial charge in [0.2, 0.25) is 11.8 Å². The van der Waals surface area contributed by atoms with Crippen molar-refractivity contribution in [1.29, 1.82) is 0 Å². The molecule has 38 heavy (non-hydrogen) atoms. The predicted molar refractivity (Wildman–Crippen MR) is 141 cm³/mol. The summed E-state index contributed by atoms with van der Waals surface area (Å²) in [5, 5.41) is 5.59. The number of fused-ring (bicyclic) bond motifs is 3. The second-order valence-electron chi connectivity index (χ2n) is 12.1. The van der Waals surface area contributed by atoms with Gasteiger partial charge in [0.25, 0.3) is 0 Å². The molecule has 2 N–H and O–H groups in total. The summed E-state index contributed by atoms with van der Waals surface area (Å²) in [6.07, 6.45) is 5.28. The molecule has 0 spiro atoms. The minimum Gasteiger partial charge on any atom is -0.464 e. The monoisotopic (exact) mass is 535 g/mol. The molecule has 2 heterocycles. The van der Waals surface area contributed by atoms with Gasteiger partial charge in [-0.05, 0) is 71.1 Å². The molecule has 2 fully saturated rings. The molecule has 0 aromatic rings. The van der Waals surface area contributed by atoms with Crippen LogP contribution in [0.2, 0.25) is 0 Å². The third kappa shape index (κ3) is 7.07. The first-order valence-electron chi connectivity index (χ1n) is 13.8. The molecule has 6 atom stereocenters. The first-order valence-corrected chi connectivity index (χ1v) is 13.8. The number of piperidine rings is 1. The molecule has 214 valence electrons. The van der Waals surface area contributed by atoms with Gasteiger partial charge in [-0.3, -0.25) is 9.59 Å². The van der Waals surface area contributed by atoms with Crippen molar-refractivity contribution in [3.05, 3.63) is 12.2 Å². The van der Waals surface area contributed by atoms with Crippen LogP contribution in [0.15, 0.2) is 12.2 Å². The van der Waals surface area contributed by atoms with E-state index in [-0.39, 0.29) is 36.4 Å². The van der Waals surface area contributed by atoms with E-state index in [4.69, 9.17) is 14.2 Å². The zero-order chi connectivity index (χ0) is 28.3. The van der Waals surface area contributed by atoms with Crippen LogP contribution in [0.4, 0.5) is 4.79 Å². The highest BCUT2D eigenvalue weighted by atomic mass is 16.6. The molecule has 0 radical (unpaired) electrons. The Morgan fingerprint density at radius 2 is 1.92 bits per heavy atom. The topological polar surface area (TPSA) is 123 Å². The average Bonchev–Trinajstić information content (AvgIpc) is 3.15. The largest absolute Gasteiger partial charge is 0.464 e. The summed E-state index contributed by atoms with van der Waals surface area (Å²) in [5.41, 5.74) is -0.859. The highest BCUT2D eigenvalue weighted by molar-refractivity contribution is 5.94. The molecule has 0 aromatic carbocycles. The number of allylic oxidation sites excluding steroid dienone is 1. The van der Waals surface area contributed by atoms with Crippen molar-refractivity contribution in [2.45, 2.75) is 104 Å². The first kappa shape index (κ1) is 29.9. The Balaban J connectivity index is 1.91. The Bertz CT molecular complexity index is 926. The SMILES string of the molecule is CCOC(=O)[C@@H]1CCCCC=CCO[C@@H](C)[C@H](NC(=O)OC(C)(C)C)C(=O)N2C[C@H]3[C@@H]([C@H]2C(=O)N1)C3(C)C. The maximum absolute atomic E-state index is 14.0. The number of ether oxygens (including phenoxy) is 3. The Hall–Kier alpha value is -2.62. The van der Waals surface area contributed by atoms with E-state index in [1.807, 2.05) is 12.2 Å². The van der Waals surface area contributed by atoms with Gasteiger partial charge >= 0.3 is 12.1 Å². The van der Waals surface area contributed by atoms with E-state index in [0.29, 0.717) is 13.0 Å². The number of hydrogen-bond donors (Lipinski definition) is 2. The molecule has 0 aromatic heterocycles. The van der Waals surface area contributed by atoms with Crippen molar-refractivity contribution in [1.82, 2.24) is 15.5 Å². The average molecular weight is 536 g/mol. The van der Waals surface area contributed by atoms with E-state index < -0.39 is 47.8 Å². The maximum atomic E-state index is 14.0. The maximum Gasteiger partial charge on any atom is 0.408 e. The van der Waals surface area contributed by atoms with Gasteiger partial charge in [-0.1, -0.05) is 32.4 Å². The lowest BCUT2D eigenvalue weighted by atomic mass is 9.98. The summed E-state index contributed by atoms with van der Waals surface area (Å²) < 4.78 is 16.6. The fourth-order valence-electron chi connectivity index (χ4n) is 5.66. The van der Waals surface area contributed by atoms with Crippen LogP contribution in [0.25, 0.3) is 0 Å². The molecular weight excluding hydrogens is 490 g/mol. The predicted octanol–water partition coefficient (Wildman–Crippen LogP) is 2.95. The Morgan fingerprint density at radius 3 is 2.58 bits per heavy atom. The third-order valence-corrected chi connectivity index (χ3v) is 7.79. The van der Waals surface area contributed by atoms with E-state index in [1.54, 1.807) is 39.5 Å². The Labute approximate surface area is 226 Å². The normalized spacial score (nSPS) is 32.0. The summed E-state index contributed by atoms with van der Waals surface area (Å²) in [6.45, 7) is 13.8. The van der Waals surface area contributed by atoms with Crippen molar-refractivity contribution >= 4 is 23.9 Å². The summed E-state index contributed by atoms with van der Waals surface area (Å²) in [7, 11) is 0. The molecule has 2 aliphatic heterocycles. The van der Waals surface area contributed by atoms with Gasteiger partial charge in [-0.2, -0.15) is 0 Å². The van der Waals surface area contributed by atoms with Crippen molar-refractivity contribution in [2.24, 2.45) is 17.3 Å². The molecule has 0 bridgehead atoms. The highest BCUT2D eigenvalue weighted by Crippen LogP contribution is 2.65. The lowest BCUT2D eigenvalue weighted by molar-refractivity contribution is -0.149. The first-order chi connectivity index (χ1) is 17.8. The van der Waals surface area contributed by atoms with Crippen LogP contribution < -0.4 is 10.6 Å². The molecule has 1 saturated carbocycles. The lowest BCUT2D eigenvalue weighted by Crippen LogP contribution is -2.60. The van der Waals surface area contributed by atoms with Gasteiger partial charge in [0, 0.05) is 6.54 Å². The van der Waals surface area contributed by atoms with Gasteiger partial charge in [-0.15, -0.1) is 0 Å². The standard InChI is InChI=1S/C28H45N3O7/c1-8-36-25(34)19-14-12-10-9-11-13-15-37-17(2)21(30-26(35)38-27(3,4)5)24(33)31-16-18-20(28(18,6)7)22(31)23(32)29-19/h11,13,17-22H,8-10,12,14-16H2,1-7H3,(H,29,32)(H,30,35)/t17-,18-,19-,20-,21-,22-/m0/s1. The molecule has 1 saturated heterocycles. The van der Waals surface area contributed by atoms with Gasteiger partial charge < -0.3 is 29.7 Å². The Morgan fingerprint density at radius 1 is 1.21 bits per heavy atom. The zero-order valence-corrected chi connectivity index (χ0v) is 23.9. The van der Waals surface area contributed by atoms with E-state index in [9.17, 15) is 19.2 Å². The van der Waals surface area contributed by atoms with Crippen LogP contribution >= 0.6 is 0 Å². The molecule has 10 heteroatoms. The molecule has 3 rings (SSSR count). The van der Waals surface area contributed by atoms with Gasteiger partial charge in [0.05, 0.1) is 19.3 Å². The second-order valence-corrected chi connectivity index (χ2v) is 12.1. The molecule has 3 amide bonds. The smallest absolute Gasteiger partial charge is 0.408 e. The number of esters is 1. The number of rotatable bonds is 3. The van der Waals surface area contributed by atoms with E-state index in [0.717, 1.165) is 19.3 Å². The van der Waals surface area contributed by atoms with Crippen molar-refractivity contribution in [3.63, 3.8) is 0 Å². The fraction of sp³-hybridized carbons (Fsp3) is 0.786. The summed E-state index contributed by atoms with van der Waals surface area (Å²) in [6, 6.07) is -2.60. The van der Waals surface area contributed by atoms with Crippen LogP contribution in [-0.4, -0.2) is 78.4 Å². The molecular formula is C28H45N3O7. The summed E-state index contributed by atoms with van der Waals surface area (Å²) >= 11 is 0. The number of nitrogens with zero attached hydrogens (tertiary/aromatic N) is 1. The number of hydrogen-bond acceptors (Lipinski definition) is 7. The van der Waals surface area contributed by atoms with Crippen LogP contribution in [0.3, 0.4) is 0 Å². The van der Waals surface area contributed by atoms with Crippen LogP contribution in [0, 0.1) is 17.3 Å². The number of carbonyl (C=O) groups excluding carboxylic acids is 4. The zero-order valence-electron chi connectivity index (χ0n) is 23.9. The van der Waals surface area contributed by atoms with Crippen molar-refractivity contribution in [2.75, 3.05) is 19.8 Å². The molecule has 3 aliphatic rings. The minimum atomic E-state index is -1.05. The third-order valence-electron chi connectivity index (χ3n) is 7.79. The van der Waals surface area contributed by atoms with Crippen molar-refractivity contribution < 1.29 is 33.4 Å². The van der Waals surface area contributed by atoms with Crippen molar-refractivity contribution in [3.8, 4) is 0 Å². The van der Waals surface area contributed by atoms with E-state index >= 15 is 0 Å². The van der Waals surface area contributed by atoms with E-state index in [2.05, 4.69) is 24.5 Å². The lowest BCUT2D eigenvalue weighted by Gasteiger charge is -2.35. The Kier molecular flexibility index (Phi) is 9.49. The second kappa shape index (κ2) is 12.1. The number of nitrogens with one attached hydrogen (secondary N) is 2. The number of alkyl carbamates (subject to hydrolysis) is 1. The van der Waals surface area contributed by atoms with E-state index in [1.165, 1.54) is 0 Å².